The van der Waals surface area contributed by atoms with Gasteiger partial charge in [-0.25, -0.2) is 0 Å². The zero-order valence-electron chi connectivity index (χ0n) is 18.9. The van der Waals surface area contributed by atoms with Crippen molar-refractivity contribution in [3.8, 4) is 17.2 Å². The van der Waals surface area contributed by atoms with Crippen LogP contribution in [0.25, 0.3) is 0 Å². The van der Waals surface area contributed by atoms with E-state index in [2.05, 4.69) is 20.6 Å². The number of anilines is 1. The van der Waals surface area contributed by atoms with Gasteiger partial charge in [0.25, 0.3) is 0 Å². The SMILES string of the molecule is COc1cc(NC(=O)CCc2cccc(Oc3ccnc(C4=NCCN4)c3)c2)cc(C(F)(F)F)c1. The minimum absolute atomic E-state index is 0.00929. The molecular formula is C25H23F3N4O3. The second-order valence-corrected chi connectivity index (χ2v) is 7.78. The van der Waals surface area contributed by atoms with E-state index in [-0.39, 0.29) is 17.9 Å². The number of halogens is 3. The third-order valence-electron chi connectivity index (χ3n) is 5.18. The summed E-state index contributed by atoms with van der Waals surface area (Å²) >= 11 is 0. The van der Waals surface area contributed by atoms with Gasteiger partial charge in [-0.3, -0.25) is 14.8 Å². The fourth-order valence-corrected chi connectivity index (χ4v) is 3.51. The van der Waals surface area contributed by atoms with Gasteiger partial charge >= 0.3 is 6.18 Å². The molecule has 0 atom stereocenters. The Morgan fingerprint density at radius 2 is 1.91 bits per heavy atom. The van der Waals surface area contributed by atoms with Gasteiger partial charge in [-0.15, -0.1) is 0 Å². The molecule has 182 valence electrons. The molecule has 0 unspecified atom stereocenters. The quantitative estimate of drug-likeness (QED) is 0.479. The molecule has 0 bridgehead atoms. The number of aryl methyl sites for hydroxylation is 1. The lowest BCUT2D eigenvalue weighted by Crippen LogP contribution is -2.20. The summed E-state index contributed by atoms with van der Waals surface area (Å²) in [6.07, 6.45) is -2.45. The van der Waals surface area contributed by atoms with Crippen molar-refractivity contribution in [2.45, 2.75) is 19.0 Å². The number of hydrogen-bond acceptors (Lipinski definition) is 6. The van der Waals surface area contributed by atoms with Crippen molar-refractivity contribution >= 4 is 17.4 Å². The molecular weight excluding hydrogens is 461 g/mol. The first kappa shape index (κ1) is 24.1. The molecule has 35 heavy (non-hydrogen) atoms. The van der Waals surface area contributed by atoms with Crippen molar-refractivity contribution in [1.82, 2.24) is 10.3 Å². The van der Waals surface area contributed by atoms with Gasteiger partial charge in [-0.2, -0.15) is 13.2 Å². The van der Waals surface area contributed by atoms with Gasteiger partial charge in [0.15, 0.2) is 0 Å². The molecule has 1 aliphatic rings. The average molecular weight is 484 g/mol. The van der Waals surface area contributed by atoms with E-state index in [0.29, 0.717) is 30.2 Å². The van der Waals surface area contributed by atoms with Crippen LogP contribution in [0.5, 0.6) is 17.2 Å². The molecule has 0 saturated carbocycles. The maximum Gasteiger partial charge on any atom is 0.416 e. The minimum atomic E-state index is -4.55. The monoisotopic (exact) mass is 484 g/mol. The lowest BCUT2D eigenvalue weighted by molar-refractivity contribution is -0.137. The van der Waals surface area contributed by atoms with Gasteiger partial charge < -0.3 is 20.1 Å². The number of nitrogens with one attached hydrogen (secondary N) is 2. The summed E-state index contributed by atoms with van der Waals surface area (Å²) < 4.78 is 50.1. The lowest BCUT2D eigenvalue weighted by Gasteiger charge is -2.13. The highest BCUT2D eigenvalue weighted by Gasteiger charge is 2.31. The van der Waals surface area contributed by atoms with Crippen LogP contribution in [0.15, 0.2) is 65.8 Å². The highest BCUT2D eigenvalue weighted by Crippen LogP contribution is 2.34. The molecule has 0 fully saturated rings. The molecule has 0 saturated heterocycles. The summed E-state index contributed by atoms with van der Waals surface area (Å²) in [5.74, 6) is 1.51. The number of aliphatic imine (C=N–C) groups is 1. The van der Waals surface area contributed by atoms with Crippen LogP contribution in [0.4, 0.5) is 18.9 Å². The van der Waals surface area contributed by atoms with Crippen molar-refractivity contribution in [2.24, 2.45) is 4.99 Å². The first-order chi connectivity index (χ1) is 16.8. The van der Waals surface area contributed by atoms with E-state index < -0.39 is 17.6 Å². The summed E-state index contributed by atoms with van der Waals surface area (Å²) in [5.41, 5.74) is 0.662. The van der Waals surface area contributed by atoms with E-state index in [9.17, 15) is 18.0 Å². The molecule has 1 amide bonds. The number of ether oxygens (including phenoxy) is 2. The molecule has 0 radical (unpaired) electrons. The molecule has 2 aromatic carbocycles. The Balaban J connectivity index is 1.37. The zero-order chi connectivity index (χ0) is 24.8. The Morgan fingerprint density at radius 3 is 2.66 bits per heavy atom. The Labute approximate surface area is 200 Å². The number of amides is 1. The summed E-state index contributed by atoms with van der Waals surface area (Å²) in [5, 5.41) is 5.68. The molecule has 2 N–H and O–H groups in total. The summed E-state index contributed by atoms with van der Waals surface area (Å²) in [6.45, 7) is 1.48. The molecule has 4 rings (SSSR count). The Morgan fingerprint density at radius 1 is 1.09 bits per heavy atom. The molecule has 1 aromatic heterocycles. The van der Waals surface area contributed by atoms with Gasteiger partial charge in [0.1, 0.15) is 28.8 Å². The van der Waals surface area contributed by atoms with Gasteiger partial charge in [0, 0.05) is 37.0 Å². The minimum Gasteiger partial charge on any atom is -0.497 e. The summed E-state index contributed by atoms with van der Waals surface area (Å²) in [7, 11) is 1.27. The van der Waals surface area contributed by atoms with E-state index in [1.165, 1.54) is 13.2 Å². The normalized spacial score (nSPS) is 13.1. The predicted octanol–water partition coefficient (Wildman–Crippen LogP) is 4.82. The molecule has 7 nitrogen and oxygen atoms in total. The van der Waals surface area contributed by atoms with Gasteiger partial charge in [0.2, 0.25) is 5.91 Å². The van der Waals surface area contributed by atoms with Crippen molar-refractivity contribution in [2.75, 3.05) is 25.5 Å². The lowest BCUT2D eigenvalue weighted by atomic mass is 10.1. The first-order valence-electron chi connectivity index (χ1n) is 10.9. The largest absolute Gasteiger partial charge is 0.497 e. The van der Waals surface area contributed by atoms with E-state index in [1.807, 2.05) is 18.2 Å². The van der Waals surface area contributed by atoms with E-state index >= 15 is 0 Å². The highest BCUT2D eigenvalue weighted by atomic mass is 19.4. The number of rotatable bonds is 8. The van der Waals surface area contributed by atoms with Gasteiger partial charge in [0.05, 0.1) is 19.2 Å². The molecule has 2 heterocycles. The fraction of sp³-hybridized carbons (Fsp3) is 0.240. The molecule has 0 spiro atoms. The number of carbonyl (C=O) groups excluding carboxylic acids is 1. The van der Waals surface area contributed by atoms with Gasteiger partial charge in [-0.1, -0.05) is 12.1 Å². The number of amidine groups is 1. The highest BCUT2D eigenvalue weighted by molar-refractivity contribution is 5.98. The van der Waals surface area contributed by atoms with Crippen LogP contribution < -0.4 is 20.1 Å². The average Bonchev–Trinajstić information content (AvgIpc) is 3.38. The van der Waals surface area contributed by atoms with Crippen LogP contribution in [-0.2, 0) is 17.4 Å². The molecule has 3 aromatic rings. The van der Waals surface area contributed by atoms with E-state index in [4.69, 9.17) is 9.47 Å². The third-order valence-corrected chi connectivity index (χ3v) is 5.18. The summed E-state index contributed by atoms with van der Waals surface area (Å²) in [4.78, 5) is 21.1. The second-order valence-electron chi connectivity index (χ2n) is 7.78. The second kappa shape index (κ2) is 10.5. The van der Waals surface area contributed by atoms with Crippen molar-refractivity contribution in [3.05, 3.63) is 77.6 Å². The smallest absolute Gasteiger partial charge is 0.416 e. The Hall–Kier alpha value is -4.08. The van der Waals surface area contributed by atoms with Crippen LogP contribution in [-0.4, -0.2) is 36.9 Å². The maximum absolute atomic E-state index is 13.1. The molecule has 0 aliphatic carbocycles. The topological polar surface area (TPSA) is 84.8 Å². The number of carbonyl (C=O) groups is 1. The molecule has 1 aliphatic heterocycles. The Kier molecular flexibility index (Phi) is 7.19. The number of alkyl halides is 3. The van der Waals surface area contributed by atoms with Crippen LogP contribution in [0.2, 0.25) is 0 Å². The van der Waals surface area contributed by atoms with Crippen LogP contribution in [0, 0.1) is 0 Å². The van der Waals surface area contributed by atoms with Crippen molar-refractivity contribution in [3.63, 3.8) is 0 Å². The number of pyridine rings is 1. The van der Waals surface area contributed by atoms with Crippen LogP contribution in [0.3, 0.4) is 0 Å². The molecule has 10 heteroatoms. The van der Waals surface area contributed by atoms with Crippen molar-refractivity contribution < 1.29 is 27.4 Å². The standard InChI is InChI=1S/C25H23F3N4O3/c1-34-21-13-17(25(26,27)28)12-18(14-21)32-23(33)6-5-16-3-2-4-19(11-16)35-20-7-8-29-22(15-20)24-30-9-10-31-24/h2-4,7-8,11-15H,5-6,9-10H2,1H3,(H,30,31)(H,32,33). The van der Waals surface area contributed by atoms with E-state index in [0.717, 1.165) is 30.1 Å². The summed E-state index contributed by atoms with van der Waals surface area (Å²) in [6, 6.07) is 13.9. The predicted molar refractivity (Wildman–Crippen MR) is 125 cm³/mol. The van der Waals surface area contributed by atoms with Crippen molar-refractivity contribution in [1.29, 1.82) is 0 Å². The number of aromatic nitrogens is 1. The third kappa shape index (κ3) is 6.50. The first-order valence-corrected chi connectivity index (χ1v) is 10.9. The number of nitrogens with zero attached hydrogens (tertiary/aromatic N) is 2. The van der Waals surface area contributed by atoms with Crippen LogP contribution in [0.1, 0.15) is 23.2 Å². The number of benzene rings is 2. The number of methoxy groups -OCH3 is 1. The Bertz CT molecular complexity index is 1240. The number of hydrogen-bond donors (Lipinski definition) is 2. The van der Waals surface area contributed by atoms with E-state index in [1.54, 1.807) is 24.4 Å². The maximum atomic E-state index is 13.1. The van der Waals surface area contributed by atoms with Gasteiger partial charge in [-0.05, 0) is 42.3 Å². The zero-order valence-corrected chi connectivity index (χ0v) is 18.9. The fourth-order valence-electron chi connectivity index (χ4n) is 3.51. The van der Waals surface area contributed by atoms with Crippen LogP contribution >= 0.6 is 0 Å².